The van der Waals surface area contributed by atoms with E-state index in [9.17, 15) is 13.6 Å². The van der Waals surface area contributed by atoms with Gasteiger partial charge in [0.2, 0.25) is 5.91 Å². The molecule has 1 fully saturated rings. The van der Waals surface area contributed by atoms with Gasteiger partial charge in [-0.15, -0.1) is 24.0 Å². The van der Waals surface area contributed by atoms with E-state index in [0.29, 0.717) is 18.2 Å². The zero-order valence-electron chi connectivity index (χ0n) is 15.5. The first-order valence-corrected chi connectivity index (χ1v) is 8.77. The predicted octanol–water partition coefficient (Wildman–Crippen LogP) is 3.42. The molecule has 28 heavy (non-hydrogen) atoms. The topological polar surface area (TPSA) is 65.5 Å². The highest BCUT2D eigenvalue weighted by Gasteiger charge is 2.44. The number of hydrogen-bond acceptors (Lipinski definition) is 2. The van der Waals surface area contributed by atoms with Crippen LogP contribution in [0.2, 0.25) is 0 Å². The maximum absolute atomic E-state index is 13.5. The number of aliphatic imine (C=N–C) groups is 1. The number of amides is 1. The van der Waals surface area contributed by atoms with Crippen molar-refractivity contribution in [1.29, 1.82) is 0 Å². The van der Waals surface area contributed by atoms with Gasteiger partial charge in [0.05, 0.1) is 6.54 Å². The molecule has 5 nitrogen and oxygen atoms in total. The average Bonchev–Trinajstić information content (AvgIpc) is 3.45. The van der Waals surface area contributed by atoms with Crippen LogP contribution in [0.1, 0.15) is 18.4 Å². The summed E-state index contributed by atoms with van der Waals surface area (Å²) in [5, 5.41) is 8.82. The first-order chi connectivity index (χ1) is 13.0. The fourth-order valence-corrected chi connectivity index (χ4v) is 2.91. The number of rotatable bonds is 6. The summed E-state index contributed by atoms with van der Waals surface area (Å²) in [5.41, 5.74) is 1.41. The molecule has 0 heterocycles. The lowest BCUT2D eigenvalue weighted by atomic mass is 9.96. The van der Waals surface area contributed by atoms with Crippen molar-refractivity contribution in [2.24, 2.45) is 4.99 Å². The highest BCUT2D eigenvalue weighted by molar-refractivity contribution is 14.0. The zero-order chi connectivity index (χ0) is 19.3. The number of nitrogens with zero attached hydrogens (tertiary/aromatic N) is 1. The Morgan fingerprint density at radius 1 is 1.07 bits per heavy atom. The van der Waals surface area contributed by atoms with E-state index in [2.05, 4.69) is 20.9 Å². The molecule has 0 spiro atoms. The van der Waals surface area contributed by atoms with Gasteiger partial charge in [-0.05, 0) is 54.8 Å². The molecule has 0 unspecified atom stereocenters. The van der Waals surface area contributed by atoms with Crippen LogP contribution in [0.4, 0.5) is 14.5 Å². The number of nitrogens with one attached hydrogen (secondary N) is 3. The molecular formula is C20H23F2IN4O. The van der Waals surface area contributed by atoms with E-state index in [0.717, 1.165) is 18.4 Å². The summed E-state index contributed by atoms with van der Waals surface area (Å²) in [4.78, 5) is 16.1. The highest BCUT2D eigenvalue weighted by atomic mass is 127. The Morgan fingerprint density at radius 3 is 2.39 bits per heavy atom. The Kier molecular flexibility index (Phi) is 7.73. The Bertz CT molecular complexity index is 838. The van der Waals surface area contributed by atoms with Crippen LogP contribution in [-0.2, 0) is 10.2 Å². The van der Waals surface area contributed by atoms with Crippen molar-refractivity contribution in [3.8, 4) is 0 Å². The van der Waals surface area contributed by atoms with Crippen LogP contribution in [0.25, 0.3) is 0 Å². The van der Waals surface area contributed by atoms with Crippen molar-refractivity contribution >= 4 is 41.5 Å². The standard InChI is InChI=1S/C20H22F2N4O.HI/c1-23-19(24-12-18(27)26-17-7-5-15(21)6-8-17)25-13-20(9-10-20)14-3-2-4-16(22)11-14;/h2-8,11H,9-10,12-13H2,1H3,(H,26,27)(H2,23,24,25);1H. The second-order valence-electron chi connectivity index (χ2n) is 6.63. The van der Waals surface area contributed by atoms with Crippen LogP contribution in [0.5, 0.6) is 0 Å². The molecule has 1 aliphatic rings. The zero-order valence-corrected chi connectivity index (χ0v) is 17.8. The van der Waals surface area contributed by atoms with Crippen molar-refractivity contribution in [3.05, 3.63) is 65.7 Å². The number of benzene rings is 2. The van der Waals surface area contributed by atoms with E-state index in [4.69, 9.17) is 0 Å². The van der Waals surface area contributed by atoms with Crippen LogP contribution < -0.4 is 16.0 Å². The second-order valence-corrected chi connectivity index (χ2v) is 6.63. The van der Waals surface area contributed by atoms with Gasteiger partial charge in [-0.25, -0.2) is 8.78 Å². The summed E-state index contributed by atoms with van der Waals surface area (Å²) in [7, 11) is 1.62. The van der Waals surface area contributed by atoms with E-state index >= 15 is 0 Å². The molecule has 0 aromatic heterocycles. The Morgan fingerprint density at radius 2 is 1.79 bits per heavy atom. The molecule has 3 N–H and O–H groups in total. The quantitative estimate of drug-likeness (QED) is 0.324. The lowest BCUT2D eigenvalue weighted by Gasteiger charge is -2.19. The first-order valence-electron chi connectivity index (χ1n) is 8.77. The second kappa shape index (κ2) is 9.81. The summed E-state index contributed by atoms with van der Waals surface area (Å²) >= 11 is 0. The van der Waals surface area contributed by atoms with E-state index in [1.54, 1.807) is 19.2 Å². The van der Waals surface area contributed by atoms with Crippen LogP contribution in [0, 0.1) is 11.6 Å². The van der Waals surface area contributed by atoms with Crippen molar-refractivity contribution in [3.63, 3.8) is 0 Å². The number of halogens is 3. The van der Waals surface area contributed by atoms with Gasteiger partial charge in [0.25, 0.3) is 0 Å². The first kappa shape index (κ1) is 22.1. The maximum atomic E-state index is 13.5. The summed E-state index contributed by atoms with van der Waals surface area (Å²) in [6.07, 6.45) is 1.96. The summed E-state index contributed by atoms with van der Waals surface area (Å²) < 4.78 is 26.4. The van der Waals surface area contributed by atoms with Crippen LogP contribution in [-0.4, -0.2) is 32.0 Å². The molecule has 2 aromatic carbocycles. The van der Waals surface area contributed by atoms with Gasteiger partial charge < -0.3 is 16.0 Å². The van der Waals surface area contributed by atoms with E-state index in [-0.39, 0.29) is 53.5 Å². The maximum Gasteiger partial charge on any atom is 0.243 e. The summed E-state index contributed by atoms with van der Waals surface area (Å²) in [5.74, 6) is -0.371. The molecule has 2 aromatic rings. The minimum Gasteiger partial charge on any atom is -0.356 e. The minimum absolute atomic E-state index is 0. The summed E-state index contributed by atoms with van der Waals surface area (Å²) in [6, 6.07) is 12.2. The number of carbonyl (C=O) groups excluding carboxylic acids is 1. The fraction of sp³-hybridized carbons (Fsp3) is 0.300. The van der Waals surface area contributed by atoms with Crippen LogP contribution >= 0.6 is 24.0 Å². The Labute approximate surface area is 180 Å². The number of guanidine groups is 1. The van der Waals surface area contributed by atoms with Crippen LogP contribution in [0.15, 0.2) is 53.5 Å². The molecule has 0 atom stereocenters. The fourth-order valence-electron chi connectivity index (χ4n) is 2.91. The van der Waals surface area contributed by atoms with E-state index in [1.807, 2.05) is 6.07 Å². The van der Waals surface area contributed by atoms with Gasteiger partial charge in [-0.3, -0.25) is 9.79 Å². The predicted molar refractivity (Wildman–Crippen MR) is 117 cm³/mol. The van der Waals surface area contributed by atoms with Gasteiger partial charge in [0, 0.05) is 24.7 Å². The lowest BCUT2D eigenvalue weighted by Crippen LogP contribution is -2.44. The van der Waals surface area contributed by atoms with E-state index in [1.165, 1.54) is 30.3 Å². The number of carbonyl (C=O) groups is 1. The highest BCUT2D eigenvalue weighted by Crippen LogP contribution is 2.47. The lowest BCUT2D eigenvalue weighted by molar-refractivity contribution is -0.115. The van der Waals surface area contributed by atoms with Gasteiger partial charge in [0.1, 0.15) is 11.6 Å². The third kappa shape index (κ3) is 5.88. The number of hydrogen-bond donors (Lipinski definition) is 3. The van der Waals surface area contributed by atoms with Gasteiger partial charge in [0.15, 0.2) is 5.96 Å². The van der Waals surface area contributed by atoms with E-state index < -0.39 is 0 Å². The minimum atomic E-state index is -0.358. The molecule has 3 rings (SSSR count). The summed E-state index contributed by atoms with van der Waals surface area (Å²) in [6.45, 7) is 0.625. The van der Waals surface area contributed by atoms with Gasteiger partial charge >= 0.3 is 0 Å². The smallest absolute Gasteiger partial charge is 0.243 e. The van der Waals surface area contributed by atoms with Crippen molar-refractivity contribution in [2.45, 2.75) is 18.3 Å². The molecule has 0 aliphatic heterocycles. The molecule has 8 heteroatoms. The molecular weight excluding hydrogens is 477 g/mol. The van der Waals surface area contributed by atoms with Gasteiger partial charge in [-0.1, -0.05) is 12.1 Å². The average molecular weight is 500 g/mol. The monoisotopic (exact) mass is 500 g/mol. The molecule has 0 bridgehead atoms. The van der Waals surface area contributed by atoms with Crippen molar-refractivity contribution in [1.82, 2.24) is 10.6 Å². The van der Waals surface area contributed by atoms with Crippen LogP contribution in [0.3, 0.4) is 0 Å². The Hall–Kier alpha value is -2.23. The largest absolute Gasteiger partial charge is 0.356 e. The SMILES string of the molecule is CN=C(NCC(=O)Nc1ccc(F)cc1)NCC1(c2cccc(F)c2)CC1.I. The molecule has 150 valence electrons. The third-order valence-electron chi connectivity index (χ3n) is 4.65. The Balaban J connectivity index is 0.00000280. The molecule has 0 radical (unpaired) electrons. The van der Waals surface area contributed by atoms with Crippen molar-refractivity contribution < 1.29 is 13.6 Å². The molecule has 0 saturated heterocycles. The number of anilines is 1. The van der Waals surface area contributed by atoms with Gasteiger partial charge in [-0.2, -0.15) is 0 Å². The van der Waals surface area contributed by atoms with Crippen molar-refractivity contribution in [2.75, 3.05) is 25.5 Å². The molecule has 1 aliphatic carbocycles. The normalized spacial score (nSPS) is 14.6. The molecule has 1 amide bonds. The molecule has 1 saturated carbocycles. The third-order valence-corrected chi connectivity index (χ3v) is 4.65.